The molecule has 0 fully saturated rings. The van der Waals surface area contributed by atoms with E-state index in [-0.39, 0.29) is 0 Å². The van der Waals surface area contributed by atoms with E-state index in [2.05, 4.69) is 83.7 Å². The van der Waals surface area contributed by atoms with E-state index in [4.69, 9.17) is 4.99 Å². The normalized spacial score (nSPS) is 18.0. The first-order valence-corrected chi connectivity index (χ1v) is 11.4. The van der Waals surface area contributed by atoms with E-state index < -0.39 is 0 Å². The Labute approximate surface area is 181 Å². The largest absolute Gasteiger partial charge is 0.372 e. The number of nitrogens with one attached hydrogen (secondary N) is 1. The maximum atomic E-state index is 4.87. The van der Waals surface area contributed by atoms with Gasteiger partial charge in [0.2, 0.25) is 0 Å². The van der Waals surface area contributed by atoms with E-state index in [0.717, 1.165) is 52.0 Å². The van der Waals surface area contributed by atoms with Crippen LogP contribution < -0.4 is 5.32 Å². The van der Waals surface area contributed by atoms with E-state index in [1.54, 1.807) is 0 Å². The van der Waals surface area contributed by atoms with Crippen molar-refractivity contribution in [1.29, 1.82) is 0 Å². The number of hydrogen-bond acceptors (Lipinski definition) is 4. The molecule has 0 aromatic heterocycles. The van der Waals surface area contributed by atoms with Gasteiger partial charge in [-0.05, 0) is 36.0 Å². The lowest BCUT2D eigenvalue weighted by molar-refractivity contribution is 0.438. The highest BCUT2D eigenvalue weighted by atomic mass is 15.2. The molecule has 0 amide bonds. The molecule has 1 N–H and O–H groups in total. The van der Waals surface area contributed by atoms with Crippen LogP contribution in [0.3, 0.4) is 0 Å². The SMILES string of the molecule is CC(Cc1cccc(C[C@H](C)C2=NCCN2CCc2ccccc2)c1)C1=NCCN1. The second-order valence-electron chi connectivity index (χ2n) is 8.69. The predicted octanol–water partition coefficient (Wildman–Crippen LogP) is 4.00. The molecule has 158 valence electrons. The van der Waals surface area contributed by atoms with Gasteiger partial charge in [0.25, 0.3) is 0 Å². The van der Waals surface area contributed by atoms with E-state index in [0.29, 0.717) is 11.8 Å². The summed E-state index contributed by atoms with van der Waals surface area (Å²) in [6.07, 6.45) is 3.16. The Balaban J connectivity index is 1.34. The summed E-state index contributed by atoms with van der Waals surface area (Å²) in [6, 6.07) is 19.9. The number of benzene rings is 2. The summed E-state index contributed by atoms with van der Waals surface area (Å²) in [5.74, 6) is 3.35. The Bertz CT molecular complexity index is 887. The van der Waals surface area contributed by atoms with E-state index >= 15 is 0 Å². The van der Waals surface area contributed by atoms with Gasteiger partial charge in [-0.1, -0.05) is 68.4 Å². The van der Waals surface area contributed by atoms with Crippen molar-refractivity contribution in [2.75, 3.05) is 32.7 Å². The molecule has 0 radical (unpaired) electrons. The summed E-state index contributed by atoms with van der Waals surface area (Å²) in [5, 5.41) is 3.42. The smallest absolute Gasteiger partial charge is 0.102 e. The zero-order chi connectivity index (χ0) is 20.8. The lowest BCUT2D eigenvalue weighted by Crippen LogP contribution is -2.34. The topological polar surface area (TPSA) is 40.0 Å². The number of amidine groups is 2. The molecule has 0 bridgehead atoms. The minimum absolute atomic E-state index is 0.442. The fraction of sp³-hybridized carbons (Fsp3) is 0.462. The Kier molecular flexibility index (Phi) is 6.83. The van der Waals surface area contributed by atoms with E-state index in [9.17, 15) is 0 Å². The van der Waals surface area contributed by atoms with Crippen molar-refractivity contribution in [2.45, 2.75) is 33.1 Å². The van der Waals surface area contributed by atoms with Crippen molar-refractivity contribution >= 4 is 11.7 Å². The number of nitrogens with zero attached hydrogens (tertiary/aromatic N) is 3. The number of hydrogen-bond donors (Lipinski definition) is 1. The first-order chi connectivity index (χ1) is 14.7. The van der Waals surface area contributed by atoms with Crippen LogP contribution in [0.5, 0.6) is 0 Å². The highest BCUT2D eigenvalue weighted by Gasteiger charge is 2.22. The molecule has 0 saturated heterocycles. The van der Waals surface area contributed by atoms with Crippen LogP contribution >= 0.6 is 0 Å². The molecule has 0 spiro atoms. The Morgan fingerprint density at radius 2 is 1.60 bits per heavy atom. The standard InChI is InChI=1S/C26H34N4/c1-20(25-27-12-13-28-25)17-23-9-6-10-24(19-23)18-21(2)26-29-14-16-30(26)15-11-22-7-4-3-5-8-22/h3-10,19-21H,11-18H2,1-2H3,(H,27,28)/t20?,21-/m0/s1. The summed E-state index contributed by atoms with van der Waals surface area (Å²) in [7, 11) is 0. The Hall–Kier alpha value is -2.62. The maximum Gasteiger partial charge on any atom is 0.102 e. The third-order valence-corrected chi connectivity index (χ3v) is 6.16. The van der Waals surface area contributed by atoms with Gasteiger partial charge in [0.05, 0.1) is 18.9 Å². The second kappa shape index (κ2) is 9.92. The van der Waals surface area contributed by atoms with Crippen molar-refractivity contribution in [3.63, 3.8) is 0 Å². The molecular weight excluding hydrogens is 368 g/mol. The maximum absolute atomic E-state index is 4.87. The molecule has 30 heavy (non-hydrogen) atoms. The Morgan fingerprint density at radius 1 is 0.867 bits per heavy atom. The lowest BCUT2D eigenvalue weighted by Gasteiger charge is -2.25. The molecule has 2 aliphatic heterocycles. The Morgan fingerprint density at radius 3 is 2.33 bits per heavy atom. The first-order valence-electron chi connectivity index (χ1n) is 11.4. The summed E-state index contributed by atoms with van der Waals surface area (Å²) in [5.41, 5.74) is 4.21. The fourth-order valence-electron chi connectivity index (χ4n) is 4.63. The van der Waals surface area contributed by atoms with Crippen LogP contribution in [0.4, 0.5) is 0 Å². The molecule has 2 aromatic carbocycles. The molecule has 0 aliphatic carbocycles. The monoisotopic (exact) mass is 402 g/mol. The average Bonchev–Trinajstić information content (AvgIpc) is 3.45. The van der Waals surface area contributed by atoms with Gasteiger partial charge in [0.1, 0.15) is 5.84 Å². The van der Waals surface area contributed by atoms with Gasteiger partial charge in [-0.15, -0.1) is 0 Å². The molecule has 4 rings (SSSR count). The van der Waals surface area contributed by atoms with Gasteiger partial charge in [-0.3, -0.25) is 9.98 Å². The van der Waals surface area contributed by atoms with Crippen molar-refractivity contribution < 1.29 is 0 Å². The number of aliphatic imine (C=N–C) groups is 2. The predicted molar refractivity (Wildman–Crippen MR) is 127 cm³/mol. The van der Waals surface area contributed by atoms with Crippen LogP contribution in [-0.4, -0.2) is 49.3 Å². The molecule has 2 atom stereocenters. The van der Waals surface area contributed by atoms with Crippen LogP contribution in [0, 0.1) is 11.8 Å². The van der Waals surface area contributed by atoms with Gasteiger partial charge in [-0.25, -0.2) is 0 Å². The molecule has 0 saturated carbocycles. The molecule has 4 heteroatoms. The van der Waals surface area contributed by atoms with E-state index in [1.807, 2.05) is 0 Å². The summed E-state index contributed by atoms with van der Waals surface area (Å²) in [4.78, 5) is 11.9. The van der Waals surface area contributed by atoms with Gasteiger partial charge >= 0.3 is 0 Å². The third-order valence-electron chi connectivity index (χ3n) is 6.16. The van der Waals surface area contributed by atoms with Crippen LogP contribution in [0.2, 0.25) is 0 Å². The zero-order valence-electron chi connectivity index (χ0n) is 18.3. The van der Waals surface area contributed by atoms with Crippen molar-refractivity contribution in [3.05, 3.63) is 71.3 Å². The average molecular weight is 403 g/mol. The summed E-state index contributed by atoms with van der Waals surface area (Å²) < 4.78 is 0. The molecule has 4 nitrogen and oxygen atoms in total. The van der Waals surface area contributed by atoms with Crippen molar-refractivity contribution in [2.24, 2.45) is 21.8 Å². The molecule has 1 unspecified atom stereocenters. The minimum Gasteiger partial charge on any atom is -0.372 e. The highest BCUT2D eigenvalue weighted by molar-refractivity contribution is 5.86. The minimum atomic E-state index is 0.442. The van der Waals surface area contributed by atoms with Gasteiger partial charge in [0, 0.05) is 31.5 Å². The third kappa shape index (κ3) is 5.29. The summed E-state index contributed by atoms with van der Waals surface area (Å²) in [6.45, 7) is 9.54. The highest BCUT2D eigenvalue weighted by Crippen LogP contribution is 2.19. The van der Waals surface area contributed by atoms with Gasteiger partial charge in [-0.2, -0.15) is 0 Å². The van der Waals surface area contributed by atoms with Gasteiger partial charge < -0.3 is 10.2 Å². The fourth-order valence-corrected chi connectivity index (χ4v) is 4.63. The van der Waals surface area contributed by atoms with Crippen LogP contribution in [0.25, 0.3) is 0 Å². The molecule has 2 aliphatic rings. The van der Waals surface area contributed by atoms with Crippen LogP contribution in [-0.2, 0) is 19.3 Å². The summed E-state index contributed by atoms with van der Waals surface area (Å²) >= 11 is 0. The van der Waals surface area contributed by atoms with Crippen LogP contribution in [0.1, 0.15) is 30.5 Å². The molecule has 2 heterocycles. The van der Waals surface area contributed by atoms with E-state index in [1.165, 1.54) is 28.4 Å². The van der Waals surface area contributed by atoms with Crippen molar-refractivity contribution in [3.8, 4) is 0 Å². The second-order valence-corrected chi connectivity index (χ2v) is 8.69. The van der Waals surface area contributed by atoms with Crippen molar-refractivity contribution in [1.82, 2.24) is 10.2 Å². The quantitative estimate of drug-likeness (QED) is 0.689. The molecular formula is C26H34N4. The lowest BCUT2D eigenvalue weighted by atomic mass is 9.94. The first kappa shape index (κ1) is 20.6. The zero-order valence-corrected chi connectivity index (χ0v) is 18.3. The van der Waals surface area contributed by atoms with Crippen LogP contribution in [0.15, 0.2) is 64.6 Å². The van der Waals surface area contributed by atoms with Gasteiger partial charge in [0.15, 0.2) is 0 Å². The molecule has 2 aromatic rings. The number of rotatable bonds is 9.